The molecule has 2 aromatic carbocycles. The molecule has 2 heterocycles. The van der Waals surface area contributed by atoms with Crippen molar-refractivity contribution in [1.82, 2.24) is 15.0 Å². The van der Waals surface area contributed by atoms with Crippen molar-refractivity contribution in [2.24, 2.45) is 5.14 Å². The number of nitrogens with zero attached hydrogens (tertiary/aromatic N) is 3. The standard InChI is InChI=1S/C23H21ClN6O4S.ClH/c1-2-34-23(31)30-20-11-18(26-12-14-3-9-17(10-4-14)35(25,32)33)21-22(29-20)28-19(13-27-21)15-5-7-16(24)8-6-15;/h3-11,13H,2,12H2,1H3,(H2,25,32,33)(H2,26,28,29,30,31);1H. The number of nitrogens with two attached hydrogens (primary N) is 1. The van der Waals surface area contributed by atoms with Crippen LogP contribution in [0.2, 0.25) is 5.02 Å². The molecule has 36 heavy (non-hydrogen) atoms. The van der Waals surface area contributed by atoms with E-state index in [0.717, 1.165) is 11.1 Å². The molecule has 10 nitrogen and oxygen atoms in total. The number of hydrogen-bond acceptors (Lipinski definition) is 8. The van der Waals surface area contributed by atoms with Crippen LogP contribution in [0.25, 0.3) is 22.4 Å². The number of rotatable bonds is 7. The maximum absolute atomic E-state index is 12.0. The maximum Gasteiger partial charge on any atom is 0.412 e. The Bertz CT molecular complexity index is 1480. The van der Waals surface area contributed by atoms with E-state index in [2.05, 4.69) is 25.6 Å². The van der Waals surface area contributed by atoms with Gasteiger partial charge in [-0.1, -0.05) is 35.9 Å². The topological polar surface area (TPSA) is 149 Å². The summed E-state index contributed by atoms with van der Waals surface area (Å²) in [5.41, 5.74) is 3.54. The van der Waals surface area contributed by atoms with E-state index in [1.807, 2.05) is 12.1 Å². The highest BCUT2D eigenvalue weighted by molar-refractivity contribution is 7.89. The van der Waals surface area contributed by atoms with Crippen LogP contribution >= 0.6 is 24.0 Å². The molecule has 0 saturated heterocycles. The van der Waals surface area contributed by atoms with Crippen LogP contribution < -0.4 is 15.8 Å². The number of amides is 1. The lowest BCUT2D eigenvalue weighted by atomic mass is 10.1. The van der Waals surface area contributed by atoms with Crippen LogP contribution in [0.3, 0.4) is 0 Å². The first-order valence-electron chi connectivity index (χ1n) is 10.5. The number of pyridine rings is 1. The number of fused-ring (bicyclic) bond motifs is 1. The van der Waals surface area contributed by atoms with E-state index < -0.39 is 16.1 Å². The van der Waals surface area contributed by atoms with Gasteiger partial charge in [-0.05, 0) is 36.8 Å². The van der Waals surface area contributed by atoms with Crippen molar-refractivity contribution in [3.63, 3.8) is 0 Å². The number of carbonyl (C=O) groups is 1. The fourth-order valence-electron chi connectivity index (χ4n) is 3.22. The van der Waals surface area contributed by atoms with Crippen molar-refractivity contribution in [2.75, 3.05) is 17.2 Å². The Morgan fingerprint density at radius 2 is 1.78 bits per heavy atom. The van der Waals surface area contributed by atoms with Crippen molar-refractivity contribution < 1.29 is 17.9 Å². The number of benzene rings is 2. The first kappa shape index (κ1) is 27.1. The van der Waals surface area contributed by atoms with Gasteiger partial charge in [0, 0.05) is 23.2 Å². The molecule has 2 aromatic heterocycles. The highest BCUT2D eigenvalue weighted by Crippen LogP contribution is 2.27. The molecule has 0 saturated carbocycles. The largest absolute Gasteiger partial charge is 0.450 e. The van der Waals surface area contributed by atoms with E-state index in [9.17, 15) is 13.2 Å². The van der Waals surface area contributed by atoms with Crippen molar-refractivity contribution in [3.8, 4) is 11.3 Å². The molecule has 0 aliphatic rings. The van der Waals surface area contributed by atoms with Crippen LogP contribution in [0.4, 0.5) is 16.3 Å². The minimum absolute atomic E-state index is 0. The molecule has 13 heteroatoms. The Labute approximate surface area is 218 Å². The van der Waals surface area contributed by atoms with E-state index in [0.29, 0.717) is 34.1 Å². The predicted octanol–water partition coefficient (Wildman–Crippen LogP) is 4.59. The monoisotopic (exact) mass is 548 g/mol. The average molecular weight is 549 g/mol. The molecule has 0 unspecified atom stereocenters. The van der Waals surface area contributed by atoms with E-state index in [-0.39, 0.29) is 29.7 Å². The first-order valence-corrected chi connectivity index (χ1v) is 12.4. The molecule has 4 rings (SSSR count). The zero-order chi connectivity index (χ0) is 25.0. The highest BCUT2D eigenvalue weighted by Gasteiger charge is 2.13. The van der Waals surface area contributed by atoms with Crippen LogP contribution in [0.1, 0.15) is 12.5 Å². The number of anilines is 2. The van der Waals surface area contributed by atoms with Gasteiger partial charge in [-0.3, -0.25) is 5.32 Å². The van der Waals surface area contributed by atoms with Gasteiger partial charge in [-0.25, -0.2) is 33.3 Å². The van der Waals surface area contributed by atoms with E-state index >= 15 is 0 Å². The zero-order valence-electron chi connectivity index (χ0n) is 18.9. The summed E-state index contributed by atoms with van der Waals surface area (Å²) >= 11 is 5.98. The maximum atomic E-state index is 12.0. The molecule has 0 aliphatic carbocycles. The Morgan fingerprint density at radius 1 is 1.08 bits per heavy atom. The number of halogens is 2. The summed E-state index contributed by atoms with van der Waals surface area (Å²) in [6.45, 7) is 2.24. The Hall–Kier alpha value is -3.51. The smallest absolute Gasteiger partial charge is 0.412 e. The number of aromatic nitrogens is 3. The molecule has 0 atom stereocenters. The van der Waals surface area contributed by atoms with Gasteiger partial charge in [0.25, 0.3) is 0 Å². The van der Waals surface area contributed by atoms with Crippen LogP contribution in [0.5, 0.6) is 0 Å². The van der Waals surface area contributed by atoms with Gasteiger partial charge in [0.2, 0.25) is 10.0 Å². The molecule has 0 aliphatic heterocycles. The molecule has 4 aromatic rings. The minimum Gasteiger partial charge on any atom is -0.450 e. The summed E-state index contributed by atoms with van der Waals surface area (Å²) in [4.78, 5) is 25.6. The lowest BCUT2D eigenvalue weighted by Crippen LogP contribution is -2.15. The molecule has 1 amide bonds. The van der Waals surface area contributed by atoms with Gasteiger partial charge in [0.1, 0.15) is 11.3 Å². The van der Waals surface area contributed by atoms with Gasteiger partial charge in [-0.2, -0.15) is 0 Å². The van der Waals surface area contributed by atoms with Crippen LogP contribution in [-0.4, -0.2) is 36.1 Å². The van der Waals surface area contributed by atoms with E-state index in [4.69, 9.17) is 21.5 Å². The molecule has 0 bridgehead atoms. The summed E-state index contributed by atoms with van der Waals surface area (Å²) in [6.07, 6.45) is 0.975. The number of hydrogen-bond donors (Lipinski definition) is 3. The third-order valence-electron chi connectivity index (χ3n) is 4.90. The summed E-state index contributed by atoms with van der Waals surface area (Å²) in [5, 5.41) is 11.6. The summed E-state index contributed by atoms with van der Waals surface area (Å²) in [7, 11) is -3.77. The average Bonchev–Trinajstić information content (AvgIpc) is 2.82. The second kappa shape index (κ2) is 11.5. The quantitative estimate of drug-likeness (QED) is 0.303. The predicted molar refractivity (Wildman–Crippen MR) is 141 cm³/mol. The fourth-order valence-corrected chi connectivity index (χ4v) is 3.86. The number of nitrogens with one attached hydrogen (secondary N) is 2. The molecule has 188 valence electrons. The zero-order valence-corrected chi connectivity index (χ0v) is 21.3. The third kappa shape index (κ3) is 6.58. The van der Waals surface area contributed by atoms with Crippen molar-refractivity contribution in [2.45, 2.75) is 18.4 Å². The second-order valence-corrected chi connectivity index (χ2v) is 9.38. The highest BCUT2D eigenvalue weighted by atomic mass is 35.5. The molecular formula is C23H22Cl2N6O4S. The lowest BCUT2D eigenvalue weighted by Gasteiger charge is -2.13. The van der Waals surface area contributed by atoms with E-state index in [1.54, 1.807) is 43.5 Å². The Morgan fingerprint density at radius 3 is 2.42 bits per heavy atom. The number of ether oxygens (including phenoxy) is 1. The summed E-state index contributed by atoms with van der Waals surface area (Å²) < 4.78 is 27.9. The number of sulfonamides is 1. The van der Waals surface area contributed by atoms with Crippen LogP contribution in [-0.2, 0) is 21.3 Å². The normalized spacial score (nSPS) is 11.0. The van der Waals surface area contributed by atoms with Gasteiger partial charge in [0.15, 0.2) is 5.65 Å². The van der Waals surface area contributed by atoms with Crippen molar-refractivity contribution in [1.29, 1.82) is 0 Å². The summed E-state index contributed by atoms with van der Waals surface area (Å²) in [5.74, 6) is 0.227. The van der Waals surface area contributed by atoms with Gasteiger partial charge < -0.3 is 10.1 Å². The lowest BCUT2D eigenvalue weighted by molar-refractivity contribution is 0.168. The second-order valence-electron chi connectivity index (χ2n) is 7.38. The SMILES string of the molecule is CCOC(=O)Nc1cc(NCc2ccc(S(N)(=O)=O)cc2)c2ncc(-c3ccc(Cl)cc3)nc2n1.Cl. The van der Waals surface area contributed by atoms with Crippen molar-refractivity contribution >= 4 is 62.8 Å². The Balaban J connectivity index is 0.00000361. The molecule has 0 radical (unpaired) electrons. The minimum atomic E-state index is -3.77. The first-order chi connectivity index (χ1) is 16.7. The number of primary sulfonamides is 1. The van der Waals surface area contributed by atoms with Crippen LogP contribution in [0.15, 0.2) is 65.7 Å². The Kier molecular flexibility index (Phi) is 8.64. The van der Waals surface area contributed by atoms with Crippen molar-refractivity contribution in [3.05, 3.63) is 71.4 Å². The fraction of sp³-hybridized carbons (Fsp3) is 0.130. The third-order valence-corrected chi connectivity index (χ3v) is 6.08. The molecule has 4 N–H and O–H groups in total. The number of carbonyl (C=O) groups excluding carboxylic acids is 1. The van der Waals surface area contributed by atoms with Gasteiger partial charge in [-0.15, -0.1) is 12.4 Å². The molecule has 0 fully saturated rings. The molecule has 0 spiro atoms. The van der Waals surface area contributed by atoms with Gasteiger partial charge in [0.05, 0.1) is 29.1 Å². The van der Waals surface area contributed by atoms with Gasteiger partial charge >= 0.3 is 6.09 Å². The van der Waals surface area contributed by atoms with Crippen LogP contribution in [0, 0.1) is 0 Å². The molecular weight excluding hydrogens is 527 g/mol. The van der Waals surface area contributed by atoms with E-state index in [1.165, 1.54) is 12.1 Å². The summed E-state index contributed by atoms with van der Waals surface area (Å²) in [6, 6.07) is 14.9.